The van der Waals surface area contributed by atoms with Gasteiger partial charge in [0.05, 0.1) is 27.9 Å². The van der Waals surface area contributed by atoms with Crippen molar-refractivity contribution in [3.63, 3.8) is 0 Å². The van der Waals surface area contributed by atoms with Crippen LogP contribution in [0.5, 0.6) is 17.2 Å². The number of nitrogens with one attached hydrogen (secondary N) is 1. The second-order valence-electron chi connectivity index (χ2n) is 7.47. The van der Waals surface area contributed by atoms with Crippen LogP contribution in [-0.4, -0.2) is 69.8 Å². The van der Waals surface area contributed by atoms with E-state index in [9.17, 15) is 4.79 Å². The molecule has 0 spiro atoms. The normalized spacial score (nSPS) is 14.9. The molecule has 30 heavy (non-hydrogen) atoms. The van der Waals surface area contributed by atoms with Gasteiger partial charge in [0.25, 0.3) is 0 Å². The average molecular weight is 414 g/mol. The summed E-state index contributed by atoms with van der Waals surface area (Å²) in [5.41, 5.74) is 3.17. The summed E-state index contributed by atoms with van der Waals surface area (Å²) >= 11 is 0. The van der Waals surface area contributed by atoms with Gasteiger partial charge in [0.2, 0.25) is 5.91 Å². The number of hydrogen-bond acceptors (Lipinski definition) is 6. The molecule has 1 N–H and O–H groups in total. The lowest BCUT2D eigenvalue weighted by Crippen LogP contribution is -2.48. The molecule has 2 aromatic rings. The number of carbonyl (C=O) groups excluding carboxylic acids is 1. The maximum absolute atomic E-state index is 12.4. The number of piperazine rings is 1. The lowest BCUT2D eigenvalue weighted by atomic mass is 10.1. The van der Waals surface area contributed by atoms with E-state index in [0.29, 0.717) is 6.54 Å². The summed E-state index contributed by atoms with van der Waals surface area (Å²) in [5.74, 6) is 2.23. The number of rotatable bonds is 8. The van der Waals surface area contributed by atoms with Gasteiger partial charge in [0, 0.05) is 44.5 Å². The van der Waals surface area contributed by atoms with Gasteiger partial charge < -0.3 is 19.5 Å². The van der Waals surface area contributed by atoms with E-state index in [1.165, 1.54) is 11.1 Å². The Balaban J connectivity index is 1.49. The number of nitrogens with zero attached hydrogens (tertiary/aromatic N) is 2. The smallest absolute Gasteiger partial charge is 0.238 e. The number of ether oxygens (including phenoxy) is 3. The van der Waals surface area contributed by atoms with Crippen LogP contribution in [0.25, 0.3) is 0 Å². The van der Waals surface area contributed by atoms with Crippen LogP contribution >= 0.6 is 0 Å². The van der Waals surface area contributed by atoms with Crippen LogP contribution < -0.4 is 19.5 Å². The highest BCUT2D eigenvalue weighted by Crippen LogP contribution is 2.31. The van der Waals surface area contributed by atoms with Crippen molar-refractivity contribution in [3.8, 4) is 17.2 Å². The Hall–Kier alpha value is -2.77. The van der Waals surface area contributed by atoms with Gasteiger partial charge in [-0.15, -0.1) is 0 Å². The average Bonchev–Trinajstić information content (AvgIpc) is 2.76. The van der Waals surface area contributed by atoms with Crippen molar-refractivity contribution in [2.24, 2.45) is 0 Å². The number of amides is 1. The van der Waals surface area contributed by atoms with E-state index < -0.39 is 0 Å². The third kappa shape index (κ3) is 5.64. The highest BCUT2D eigenvalue weighted by molar-refractivity contribution is 5.92. The van der Waals surface area contributed by atoms with Crippen molar-refractivity contribution in [3.05, 3.63) is 47.5 Å². The minimum atomic E-state index is -0.00700. The molecule has 3 rings (SSSR count). The first-order valence-electron chi connectivity index (χ1n) is 10.1. The van der Waals surface area contributed by atoms with Gasteiger partial charge in [-0.2, -0.15) is 0 Å². The minimum Gasteiger partial charge on any atom is -0.497 e. The summed E-state index contributed by atoms with van der Waals surface area (Å²) in [5, 5.41) is 2.95. The van der Waals surface area contributed by atoms with Gasteiger partial charge in [0.15, 0.2) is 11.5 Å². The fourth-order valence-corrected chi connectivity index (χ4v) is 3.64. The van der Waals surface area contributed by atoms with E-state index in [2.05, 4.69) is 28.1 Å². The standard InChI is InChI=1S/C23H31N3O4/c1-17-12-21(29-3)22(30-4)13-18(17)15-25-8-10-26(11-9-25)16-23(27)24-19-6-5-7-20(14-19)28-2/h5-7,12-14H,8-11,15-16H2,1-4H3,(H,24,27). The molecule has 0 atom stereocenters. The van der Waals surface area contributed by atoms with Gasteiger partial charge in [-0.1, -0.05) is 6.07 Å². The highest BCUT2D eigenvalue weighted by Gasteiger charge is 2.20. The summed E-state index contributed by atoms with van der Waals surface area (Å²) in [6, 6.07) is 11.5. The molecule has 1 amide bonds. The second kappa shape index (κ2) is 10.3. The van der Waals surface area contributed by atoms with Crippen LogP contribution in [0.3, 0.4) is 0 Å². The number of hydrogen-bond donors (Lipinski definition) is 1. The molecular weight excluding hydrogens is 382 g/mol. The van der Waals surface area contributed by atoms with Crippen molar-refractivity contribution >= 4 is 11.6 Å². The summed E-state index contributed by atoms with van der Waals surface area (Å²) in [7, 11) is 4.93. The van der Waals surface area contributed by atoms with E-state index in [1.54, 1.807) is 21.3 Å². The minimum absolute atomic E-state index is 0.00700. The summed E-state index contributed by atoms with van der Waals surface area (Å²) in [6.45, 7) is 6.89. The van der Waals surface area contributed by atoms with Crippen LogP contribution in [-0.2, 0) is 11.3 Å². The number of anilines is 1. The highest BCUT2D eigenvalue weighted by atomic mass is 16.5. The van der Waals surface area contributed by atoms with Crippen LogP contribution in [0.2, 0.25) is 0 Å². The molecule has 0 radical (unpaired) electrons. The zero-order valence-electron chi connectivity index (χ0n) is 18.2. The Morgan fingerprint density at radius 1 is 0.933 bits per heavy atom. The van der Waals surface area contributed by atoms with E-state index in [0.717, 1.165) is 55.7 Å². The third-order valence-electron chi connectivity index (χ3n) is 5.42. The molecule has 2 aromatic carbocycles. The van der Waals surface area contributed by atoms with Gasteiger partial charge in [-0.05, 0) is 42.3 Å². The molecule has 1 heterocycles. The topological polar surface area (TPSA) is 63.3 Å². The van der Waals surface area contributed by atoms with Crippen molar-refractivity contribution < 1.29 is 19.0 Å². The molecule has 162 valence electrons. The quantitative estimate of drug-likeness (QED) is 0.718. The lowest BCUT2D eigenvalue weighted by Gasteiger charge is -2.34. The molecule has 0 unspecified atom stereocenters. The van der Waals surface area contributed by atoms with E-state index in [-0.39, 0.29) is 5.91 Å². The number of carbonyl (C=O) groups is 1. The largest absolute Gasteiger partial charge is 0.497 e. The van der Waals surface area contributed by atoms with Crippen molar-refractivity contribution in [1.29, 1.82) is 0 Å². The van der Waals surface area contributed by atoms with Gasteiger partial charge in [-0.25, -0.2) is 0 Å². The monoisotopic (exact) mass is 413 g/mol. The Bertz CT molecular complexity index is 864. The first kappa shape index (κ1) is 21.9. The van der Waals surface area contributed by atoms with Crippen molar-refractivity contribution in [1.82, 2.24) is 9.80 Å². The van der Waals surface area contributed by atoms with E-state index in [4.69, 9.17) is 14.2 Å². The third-order valence-corrected chi connectivity index (χ3v) is 5.42. The Kier molecular flexibility index (Phi) is 7.54. The van der Waals surface area contributed by atoms with E-state index >= 15 is 0 Å². The van der Waals surface area contributed by atoms with E-state index in [1.807, 2.05) is 30.3 Å². The molecule has 7 nitrogen and oxygen atoms in total. The molecule has 0 aromatic heterocycles. The summed E-state index contributed by atoms with van der Waals surface area (Å²) in [6.07, 6.45) is 0. The van der Waals surface area contributed by atoms with Crippen LogP contribution in [0.1, 0.15) is 11.1 Å². The molecule has 1 aliphatic rings. The van der Waals surface area contributed by atoms with Gasteiger partial charge >= 0.3 is 0 Å². The first-order chi connectivity index (χ1) is 14.5. The SMILES string of the molecule is COc1cccc(NC(=O)CN2CCN(Cc3cc(OC)c(OC)cc3C)CC2)c1. The molecular formula is C23H31N3O4. The fourth-order valence-electron chi connectivity index (χ4n) is 3.64. The Labute approximate surface area is 178 Å². The molecule has 1 aliphatic heterocycles. The molecule has 0 bridgehead atoms. The van der Waals surface area contributed by atoms with Crippen LogP contribution in [0.15, 0.2) is 36.4 Å². The van der Waals surface area contributed by atoms with Crippen molar-refractivity contribution in [2.45, 2.75) is 13.5 Å². The van der Waals surface area contributed by atoms with Gasteiger partial charge in [0.1, 0.15) is 5.75 Å². The second-order valence-corrected chi connectivity index (χ2v) is 7.47. The molecule has 1 saturated heterocycles. The lowest BCUT2D eigenvalue weighted by molar-refractivity contribution is -0.117. The number of benzene rings is 2. The Morgan fingerprint density at radius 3 is 2.27 bits per heavy atom. The predicted molar refractivity (Wildman–Crippen MR) is 118 cm³/mol. The summed E-state index contributed by atoms with van der Waals surface area (Å²) in [4.78, 5) is 17.0. The maximum Gasteiger partial charge on any atom is 0.238 e. The fraction of sp³-hybridized carbons (Fsp3) is 0.435. The van der Waals surface area contributed by atoms with Crippen LogP contribution in [0, 0.1) is 6.92 Å². The molecule has 0 aliphatic carbocycles. The Morgan fingerprint density at radius 2 is 1.60 bits per heavy atom. The maximum atomic E-state index is 12.4. The zero-order chi connectivity index (χ0) is 21.5. The van der Waals surface area contributed by atoms with Gasteiger partial charge in [-0.3, -0.25) is 14.6 Å². The summed E-state index contributed by atoms with van der Waals surface area (Å²) < 4.78 is 16.0. The van der Waals surface area contributed by atoms with Crippen LogP contribution in [0.4, 0.5) is 5.69 Å². The molecule has 0 saturated carbocycles. The zero-order valence-corrected chi connectivity index (χ0v) is 18.2. The number of aryl methyl sites for hydroxylation is 1. The first-order valence-corrected chi connectivity index (χ1v) is 10.1. The number of methoxy groups -OCH3 is 3. The molecule has 7 heteroatoms. The van der Waals surface area contributed by atoms with Crippen molar-refractivity contribution in [2.75, 3.05) is 59.4 Å². The molecule has 1 fully saturated rings. The predicted octanol–water partition coefficient (Wildman–Crippen LogP) is 2.78.